The second kappa shape index (κ2) is 8.98. The molecule has 2 unspecified atom stereocenters. The zero-order chi connectivity index (χ0) is 13.3. The highest BCUT2D eigenvalue weighted by molar-refractivity contribution is 5.87. The number of carbonyl (C=O) groups is 2. The molecule has 2 atom stereocenters. The lowest BCUT2D eigenvalue weighted by atomic mass is 10.2. The number of carbonyl (C=O) groups excluding carboxylic acids is 2. The first-order valence-corrected chi connectivity index (χ1v) is 6.31. The maximum atomic E-state index is 11.5. The molecule has 5 heteroatoms. The van der Waals surface area contributed by atoms with Gasteiger partial charge in [-0.3, -0.25) is 9.59 Å². The quantitative estimate of drug-likeness (QED) is 0.578. The van der Waals surface area contributed by atoms with Crippen LogP contribution < -0.4 is 16.0 Å². The first kappa shape index (κ1) is 15.9. The van der Waals surface area contributed by atoms with Crippen molar-refractivity contribution < 1.29 is 9.59 Å². The highest BCUT2D eigenvalue weighted by Gasteiger charge is 2.14. The highest BCUT2D eigenvalue weighted by atomic mass is 16.2. The topological polar surface area (TPSA) is 70.2 Å². The number of rotatable bonds is 8. The number of hydrogen-bond acceptors (Lipinski definition) is 3. The Kier molecular flexibility index (Phi) is 8.40. The minimum atomic E-state index is -0.479. The average Bonchev–Trinajstić information content (AvgIpc) is 2.32. The van der Waals surface area contributed by atoms with Crippen molar-refractivity contribution in [3.63, 3.8) is 0 Å². The molecule has 0 saturated heterocycles. The van der Waals surface area contributed by atoms with E-state index in [0.29, 0.717) is 12.6 Å². The van der Waals surface area contributed by atoms with Crippen molar-refractivity contribution in [2.75, 3.05) is 13.1 Å². The summed E-state index contributed by atoms with van der Waals surface area (Å²) in [5.41, 5.74) is 0. The normalized spacial score (nSPS) is 13.9. The van der Waals surface area contributed by atoms with E-state index in [2.05, 4.69) is 22.9 Å². The molecule has 0 bridgehead atoms. The van der Waals surface area contributed by atoms with E-state index in [1.165, 1.54) is 0 Å². The number of hydrogen-bond donors (Lipinski definition) is 3. The van der Waals surface area contributed by atoms with Gasteiger partial charge in [0, 0.05) is 12.6 Å². The fraction of sp³-hybridized carbons (Fsp3) is 0.833. The molecule has 0 saturated carbocycles. The van der Waals surface area contributed by atoms with E-state index < -0.39 is 6.04 Å². The van der Waals surface area contributed by atoms with Crippen LogP contribution in [0.5, 0.6) is 0 Å². The molecule has 100 valence electrons. The average molecular weight is 243 g/mol. The fourth-order valence-corrected chi connectivity index (χ4v) is 1.17. The van der Waals surface area contributed by atoms with Gasteiger partial charge in [0.25, 0.3) is 0 Å². The van der Waals surface area contributed by atoms with Crippen molar-refractivity contribution >= 4 is 11.8 Å². The summed E-state index contributed by atoms with van der Waals surface area (Å²) < 4.78 is 0. The minimum Gasteiger partial charge on any atom is -0.354 e. The lowest BCUT2D eigenvalue weighted by Gasteiger charge is -2.15. The van der Waals surface area contributed by atoms with Crippen molar-refractivity contribution in [1.29, 1.82) is 0 Å². The molecule has 0 spiro atoms. The van der Waals surface area contributed by atoms with Gasteiger partial charge in [0.15, 0.2) is 0 Å². The molecule has 0 aromatic heterocycles. The van der Waals surface area contributed by atoms with E-state index in [4.69, 9.17) is 0 Å². The minimum absolute atomic E-state index is 0.135. The molecule has 0 aliphatic carbocycles. The van der Waals surface area contributed by atoms with Gasteiger partial charge >= 0.3 is 0 Å². The summed E-state index contributed by atoms with van der Waals surface area (Å²) in [7, 11) is 0. The third-order valence-corrected chi connectivity index (χ3v) is 2.54. The van der Waals surface area contributed by atoms with Crippen LogP contribution in [-0.4, -0.2) is 37.0 Å². The molecular formula is C12H25N3O2. The Morgan fingerprint density at radius 2 is 1.82 bits per heavy atom. The summed E-state index contributed by atoms with van der Waals surface area (Å²) in [6.07, 6.45) is 1.86. The van der Waals surface area contributed by atoms with Crippen molar-refractivity contribution in [3.8, 4) is 0 Å². The standard InChI is InChI=1S/C12H25N3O2/c1-5-7-13-12(17)10(4)15-11(16)8-14-9(3)6-2/h9-10,14H,5-8H2,1-4H3,(H,13,17)(H,15,16). The molecule has 3 N–H and O–H groups in total. The zero-order valence-electron chi connectivity index (χ0n) is 11.3. The van der Waals surface area contributed by atoms with Gasteiger partial charge in [-0.25, -0.2) is 0 Å². The summed E-state index contributed by atoms with van der Waals surface area (Å²) in [6, 6.07) is -0.169. The van der Waals surface area contributed by atoms with Gasteiger partial charge in [-0.15, -0.1) is 0 Å². The monoisotopic (exact) mass is 243 g/mol. The molecule has 5 nitrogen and oxygen atoms in total. The van der Waals surface area contributed by atoms with Crippen LogP contribution in [0.3, 0.4) is 0 Å². The van der Waals surface area contributed by atoms with Crippen LogP contribution in [0.2, 0.25) is 0 Å². The summed E-state index contributed by atoms with van der Waals surface area (Å²) in [6.45, 7) is 8.64. The van der Waals surface area contributed by atoms with Crippen LogP contribution in [0.25, 0.3) is 0 Å². The van der Waals surface area contributed by atoms with Gasteiger partial charge < -0.3 is 16.0 Å². The van der Waals surface area contributed by atoms with E-state index in [-0.39, 0.29) is 18.4 Å². The van der Waals surface area contributed by atoms with Crippen LogP contribution in [0.15, 0.2) is 0 Å². The number of nitrogens with one attached hydrogen (secondary N) is 3. The molecule has 17 heavy (non-hydrogen) atoms. The maximum absolute atomic E-state index is 11.5. The Balaban J connectivity index is 3.82. The molecule has 0 aromatic rings. The van der Waals surface area contributed by atoms with Gasteiger partial charge in [-0.1, -0.05) is 13.8 Å². The van der Waals surface area contributed by atoms with Crippen LogP contribution >= 0.6 is 0 Å². The van der Waals surface area contributed by atoms with E-state index >= 15 is 0 Å². The zero-order valence-corrected chi connectivity index (χ0v) is 11.3. The number of amides is 2. The lowest BCUT2D eigenvalue weighted by molar-refractivity contribution is -0.128. The van der Waals surface area contributed by atoms with E-state index in [1.54, 1.807) is 6.92 Å². The SMILES string of the molecule is CCCNC(=O)C(C)NC(=O)CNC(C)CC. The van der Waals surface area contributed by atoms with Gasteiger partial charge in [-0.05, 0) is 26.7 Å². The van der Waals surface area contributed by atoms with Crippen LogP contribution in [0.1, 0.15) is 40.5 Å². The van der Waals surface area contributed by atoms with E-state index in [9.17, 15) is 9.59 Å². The predicted octanol–water partition coefficient (Wildman–Crippen LogP) is 0.405. The Labute approximate surface area is 104 Å². The summed E-state index contributed by atoms with van der Waals surface area (Å²) in [5.74, 6) is -0.284. The molecule has 0 aliphatic heterocycles. The van der Waals surface area contributed by atoms with Gasteiger partial charge in [0.1, 0.15) is 6.04 Å². The Morgan fingerprint density at radius 1 is 1.18 bits per heavy atom. The Hall–Kier alpha value is -1.10. The maximum Gasteiger partial charge on any atom is 0.242 e. The van der Waals surface area contributed by atoms with Crippen molar-refractivity contribution in [1.82, 2.24) is 16.0 Å². The van der Waals surface area contributed by atoms with Crippen LogP contribution in [0.4, 0.5) is 0 Å². The summed E-state index contributed by atoms with van der Waals surface area (Å²) >= 11 is 0. The van der Waals surface area contributed by atoms with Crippen LogP contribution in [0, 0.1) is 0 Å². The summed E-state index contributed by atoms with van der Waals surface area (Å²) in [4.78, 5) is 23.0. The molecule has 0 rings (SSSR count). The summed E-state index contributed by atoms with van der Waals surface area (Å²) in [5, 5.41) is 8.47. The van der Waals surface area contributed by atoms with Crippen LogP contribution in [-0.2, 0) is 9.59 Å². The molecule has 0 aliphatic rings. The molecule has 0 heterocycles. The molecule has 0 radical (unpaired) electrons. The lowest BCUT2D eigenvalue weighted by Crippen LogP contribution is -2.48. The Morgan fingerprint density at radius 3 is 2.35 bits per heavy atom. The fourth-order valence-electron chi connectivity index (χ4n) is 1.17. The third-order valence-electron chi connectivity index (χ3n) is 2.54. The predicted molar refractivity (Wildman–Crippen MR) is 68.7 cm³/mol. The molecule has 0 fully saturated rings. The van der Waals surface area contributed by atoms with E-state index in [0.717, 1.165) is 12.8 Å². The Bertz CT molecular complexity index is 244. The third kappa shape index (κ3) is 7.74. The highest BCUT2D eigenvalue weighted by Crippen LogP contribution is 1.87. The van der Waals surface area contributed by atoms with Gasteiger partial charge in [0.2, 0.25) is 11.8 Å². The largest absolute Gasteiger partial charge is 0.354 e. The first-order valence-electron chi connectivity index (χ1n) is 6.31. The molecule has 0 aromatic carbocycles. The van der Waals surface area contributed by atoms with Crippen molar-refractivity contribution in [2.24, 2.45) is 0 Å². The van der Waals surface area contributed by atoms with Crippen molar-refractivity contribution in [3.05, 3.63) is 0 Å². The second-order valence-corrected chi connectivity index (χ2v) is 4.27. The van der Waals surface area contributed by atoms with Gasteiger partial charge in [0.05, 0.1) is 6.54 Å². The molecule has 2 amide bonds. The van der Waals surface area contributed by atoms with Gasteiger partial charge in [-0.2, -0.15) is 0 Å². The first-order chi connectivity index (χ1) is 8.01. The molecular weight excluding hydrogens is 218 g/mol. The second-order valence-electron chi connectivity index (χ2n) is 4.27. The van der Waals surface area contributed by atoms with Crippen molar-refractivity contribution in [2.45, 2.75) is 52.6 Å². The van der Waals surface area contributed by atoms with E-state index in [1.807, 2.05) is 13.8 Å². The smallest absolute Gasteiger partial charge is 0.242 e.